The molecule has 0 unspecified atom stereocenters. The normalized spacial score (nSPS) is 12.1. The molecule has 0 spiro atoms. The minimum Gasteiger partial charge on any atom is -0.358 e. The van der Waals surface area contributed by atoms with Crippen LogP contribution in [0.4, 0.5) is 11.6 Å². The number of nitro groups is 1. The number of anilines is 1. The van der Waals surface area contributed by atoms with Crippen molar-refractivity contribution in [1.82, 2.24) is 9.38 Å². The number of fused-ring (bicyclic) bond motifs is 1. The summed E-state index contributed by atoms with van der Waals surface area (Å²) in [6.45, 7) is 2.15. The van der Waals surface area contributed by atoms with Crippen molar-refractivity contribution in [3.63, 3.8) is 0 Å². The monoisotopic (exact) mass is 259 g/mol. The van der Waals surface area contributed by atoms with Crippen molar-refractivity contribution < 1.29 is 4.92 Å². The lowest BCUT2D eigenvalue weighted by Gasteiger charge is -2.16. The van der Waals surface area contributed by atoms with Gasteiger partial charge in [0, 0.05) is 19.7 Å². The Bertz CT molecular complexity index is 658. The molecule has 0 saturated carbocycles. The molecule has 0 aliphatic rings. The third kappa shape index (κ3) is 2.33. The summed E-state index contributed by atoms with van der Waals surface area (Å²) in [4.78, 5) is 16.7. The molecule has 0 aliphatic heterocycles. The summed E-state index contributed by atoms with van der Waals surface area (Å²) in [5.74, 6) is -0.0315. The van der Waals surface area contributed by atoms with E-state index in [-0.39, 0.29) is 17.6 Å². The molecular formula is C12H13N5O2. The Morgan fingerprint density at radius 2 is 2.37 bits per heavy atom. The molecule has 2 heterocycles. The van der Waals surface area contributed by atoms with Crippen LogP contribution in [0.1, 0.15) is 6.92 Å². The zero-order chi connectivity index (χ0) is 14.0. The Morgan fingerprint density at radius 1 is 1.63 bits per heavy atom. The van der Waals surface area contributed by atoms with Crippen molar-refractivity contribution >= 4 is 17.3 Å². The molecule has 19 heavy (non-hydrogen) atoms. The van der Waals surface area contributed by atoms with Crippen molar-refractivity contribution in [3.8, 4) is 6.07 Å². The summed E-state index contributed by atoms with van der Waals surface area (Å²) in [7, 11) is 1.70. The van der Waals surface area contributed by atoms with Crippen LogP contribution in [0, 0.1) is 27.4 Å². The fourth-order valence-corrected chi connectivity index (χ4v) is 1.93. The largest absolute Gasteiger partial charge is 0.372 e. The molecule has 7 heteroatoms. The van der Waals surface area contributed by atoms with E-state index in [2.05, 4.69) is 11.1 Å². The second-order valence-electron chi connectivity index (χ2n) is 4.36. The fraction of sp³-hybridized carbons (Fsp3) is 0.333. The second-order valence-corrected chi connectivity index (χ2v) is 4.36. The summed E-state index contributed by atoms with van der Waals surface area (Å²) in [6.07, 6.45) is 1.60. The van der Waals surface area contributed by atoms with Gasteiger partial charge in [-0.3, -0.25) is 0 Å². The Kier molecular flexibility index (Phi) is 3.33. The number of hydrogen-bond acceptors (Lipinski definition) is 5. The van der Waals surface area contributed by atoms with Crippen LogP contribution in [0.2, 0.25) is 0 Å². The molecule has 7 nitrogen and oxygen atoms in total. The minimum atomic E-state index is -0.455. The molecule has 0 bridgehead atoms. The summed E-state index contributed by atoms with van der Waals surface area (Å²) >= 11 is 0. The molecule has 0 N–H and O–H groups in total. The van der Waals surface area contributed by atoms with Crippen LogP contribution < -0.4 is 4.90 Å². The predicted molar refractivity (Wildman–Crippen MR) is 69.9 cm³/mol. The topological polar surface area (TPSA) is 87.5 Å². The Hall–Kier alpha value is -2.62. The lowest BCUT2D eigenvalue weighted by molar-refractivity contribution is -0.389. The molecule has 2 rings (SSSR count). The molecule has 0 aliphatic carbocycles. The molecule has 0 aromatic carbocycles. The van der Waals surface area contributed by atoms with E-state index in [1.165, 1.54) is 4.40 Å². The van der Waals surface area contributed by atoms with E-state index < -0.39 is 4.92 Å². The lowest BCUT2D eigenvalue weighted by Crippen LogP contribution is -2.24. The molecule has 2 aromatic rings. The zero-order valence-corrected chi connectivity index (χ0v) is 10.6. The maximum absolute atomic E-state index is 11.2. The predicted octanol–water partition coefficient (Wildman–Crippen LogP) is 1.84. The van der Waals surface area contributed by atoms with Gasteiger partial charge >= 0.3 is 5.82 Å². The Labute approximate surface area is 109 Å². The first-order valence-corrected chi connectivity index (χ1v) is 5.76. The standard InChI is InChI=1S/C12H13N5O2/c1-9(7-13)8-15(2)11-12(17(18)19)16-6-4-3-5-10(16)14-11/h3-6,9H,8H2,1-2H3/t9-/m1/s1. The van der Waals surface area contributed by atoms with Gasteiger partial charge in [0.2, 0.25) is 11.5 Å². The van der Waals surface area contributed by atoms with E-state index in [0.717, 1.165) is 0 Å². The lowest BCUT2D eigenvalue weighted by atomic mass is 10.2. The molecule has 0 fully saturated rings. The van der Waals surface area contributed by atoms with Gasteiger partial charge in [0.05, 0.1) is 18.2 Å². The van der Waals surface area contributed by atoms with Crippen molar-refractivity contribution in [1.29, 1.82) is 5.26 Å². The van der Waals surface area contributed by atoms with E-state index in [9.17, 15) is 10.1 Å². The summed E-state index contributed by atoms with van der Waals surface area (Å²) in [5, 5.41) is 20.0. The van der Waals surface area contributed by atoms with Gasteiger partial charge in [-0.15, -0.1) is 0 Å². The number of hydrogen-bond donors (Lipinski definition) is 0. The van der Waals surface area contributed by atoms with Gasteiger partial charge in [-0.1, -0.05) is 6.07 Å². The van der Waals surface area contributed by atoms with E-state index in [1.807, 2.05) is 0 Å². The first kappa shape index (κ1) is 12.8. The summed E-state index contributed by atoms with van der Waals surface area (Å²) in [6, 6.07) is 7.29. The molecular weight excluding hydrogens is 246 g/mol. The highest BCUT2D eigenvalue weighted by atomic mass is 16.6. The van der Waals surface area contributed by atoms with Crippen LogP contribution in [-0.2, 0) is 0 Å². The van der Waals surface area contributed by atoms with Crippen LogP contribution in [0.5, 0.6) is 0 Å². The molecule has 0 amide bonds. The highest BCUT2D eigenvalue weighted by Crippen LogP contribution is 2.28. The Morgan fingerprint density at radius 3 is 3.00 bits per heavy atom. The number of nitriles is 1. The fourth-order valence-electron chi connectivity index (χ4n) is 1.93. The molecule has 0 radical (unpaired) electrons. The highest BCUT2D eigenvalue weighted by molar-refractivity contribution is 5.63. The van der Waals surface area contributed by atoms with Gasteiger partial charge in [-0.2, -0.15) is 14.6 Å². The molecule has 1 atom stereocenters. The molecule has 0 saturated heterocycles. The molecule has 98 valence electrons. The number of imidazole rings is 1. The number of aromatic nitrogens is 2. The number of nitrogens with zero attached hydrogens (tertiary/aromatic N) is 5. The van der Waals surface area contributed by atoms with Crippen LogP contribution in [0.15, 0.2) is 24.4 Å². The van der Waals surface area contributed by atoms with Crippen LogP contribution >= 0.6 is 0 Å². The minimum absolute atomic E-state index is 0.0803. The van der Waals surface area contributed by atoms with Gasteiger partial charge < -0.3 is 15.0 Å². The maximum Gasteiger partial charge on any atom is 0.372 e. The highest BCUT2D eigenvalue weighted by Gasteiger charge is 2.25. The number of rotatable bonds is 4. The first-order valence-electron chi connectivity index (χ1n) is 5.76. The third-order valence-electron chi connectivity index (χ3n) is 2.79. The SMILES string of the molecule is C[C@H](C#N)CN(C)c1nc2ccccn2c1[N+](=O)[O-]. The average molecular weight is 259 g/mol. The van der Waals surface area contributed by atoms with Crippen molar-refractivity contribution in [2.45, 2.75) is 6.92 Å². The Balaban J connectivity index is 2.51. The van der Waals surface area contributed by atoms with Gasteiger partial charge in [0.25, 0.3) is 0 Å². The third-order valence-corrected chi connectivity index (χ3v) is 2.79. The van der Waals surface area contributed by atoms with Crippen LogP contribution in [-0.4, -0.2) is 27.9 Å². The van der Waals surface area contributed by atoms with Gasteiger partial charge in [-0.25, -0.2) is 0 Å². The first-order chi connectivity index (χ1) is 9.04. The zero-order valence-electron chi connectivity index (χ0n) is 10.6. The van der Waals surface area contributed by atoms with E-state index in [4.69, 9.17) is 5.26 Å². The maximum atomic E-state index is 11.2. The second kappa shape index (κ2) is 4.94. The summed E-state index contributed by atoms with van der Waals surface area (Å²) in [5.41, 5.74) is 0.515. The van der Waals surface area contributed by atoms with Crippen LogP contribution in [0.25, 0.3) is 5.65 Å². The van der Waals surface area contributed by atoms with Crippen molar-refractivity contribution in [3.05, 3.63) is 34.5 Å². The van der Waals surface area contributed by atoms with E-state index >= 15 is 0 Å². The van der Waals surface area contributed by atoms with Gasteiger partial charge in [-0.05, 0) is 17.9 Å². The summed E-state index contributed by atoms with van der Waals surface area (Å²) < 4.78 is 1.43. The molecule has 2 aromatic heterocycles. The van der Waals surface area contributed by atoms with Crippen LogP contribution in [0.3, 0.4) is 0 Å². The number of pyridine rings is 1. The van der Waals surface area contributed by atoms with Crippen molar-refractivity contribution in [2.24, 2.45) is 5.92 Å². The van der Waals surface area contributed by atoms with Gasteiger partial charge in [0.15, 0.2) is 0 Å². The van der Waals surface area contributed by atoms with Gasteiger partial charge in [0.1, 0.15) is 0 Å². The smallest absolute Gasteiger partial charge is 0.358 e. The quantitative estimate of drug-likeness (QED) is 0.617. The van der Waals surface area contributed by atoms with E-state index in [1.54, 1.807) is 43.3 Å². The van der Waals surface area contributed by atoms with Crippen molar-refractivity contribution in [2.75, 3.05) is 18.5 Å². The average Bonchev–Trinajstić information content (AvgIpc) is 2.77. The van der Waals surface area contributed by atoms with E-state index in [0.29, 0.717) is 12.2 Å².